The highest BCUT2D eigenvalue weighted by molar-refractivity contribution is 5.89. The number of benzene rings is 1. The molecule has 0 saturated carbocycles. The van der Waals surface area contributed by atoms with Crippen LogP contribution in [0, 0.1) is 6.92 Å². The van der Waals surface area contributed by atoms with Crippen LogP contribution in [0.4, 0.5) is 11.5 Å². The maximum absolute atomic E-state index is 11.7. The van der Waals surface area contributed by atoms with Crippen LogP contribution in [0.1, 0.15) is 26.0 Å². The molecule has 0 unspecified atom stereocenters. The summed E-state index contributed by atoms with van der Waals surface area (Å²) in [7, 11) is 0. The number of hydrogen-bond donors (Lipinski definition) is 2. The summed E-state index contributed by atoms with van der Waals surface area (Å²) >= 11 is 0. The second-order valence-corrected chi connectivity index (χ2v) is 5.24. The second kappa shape index (κ2) is 7.49. The molecule has 2 rings (SSSR count). The molecule has 0 aliphatic carbocycles. The molecule has 0 aliphatic rings. The van der Waals surface area contributed by atoms with Gasteiger partial charge in [0.25, 0.3) is 0 Å². The van der Waals surface area contributed by atoms with Crippen molar-refractivity contribution in [2.75, 3.05) is 17.2 Å². The third-order valence-corrected chi connectivity index (χ3v) is 2.80. The average Bonchev–Trinajstić information content (AvgIpc) is 2.85. The minimum Gasteiger partial charge on any atom is -0.491 e. The van der Waals surface area contributed by atoms with Crippen LogP contribution in [-0.2, 0) is 4.79 Å². The molecule has 118 valence electrons. The number of nitrogens with zero attached hydrogens (tertiary/aromatic N) is 1. The van der Waals surface area contributed by atoms with Crippen molar-refractivity contribution in [3.05, 3.63) is 36.1 Å². The van der Waals surface area contributed by atoms with Crippen molar-refractivity contribution in [1.82, 2.24) is 5.16 Å². The molecule has 6 heteroatoms. The van der Waals surface area contributed by atoms with Crippen molar-refractivity contribution >= 4 is 17.4 Å². The molecule has 2 aromatic rings. The van der Waals surface area contributed by atoms with Gasteiger partial charge in [-0.15, -0.1) is 0 Å². The highest BCUT2D eigenvalue weighted by Gasteiger charge is 2.06. The lowest BCUT2D eigenvalue weighted by Gasteiger charge is -2.11. The first-order valence-electron chi connectivity index (χ1n) is 7.26. The molecule has 0 saturated heterocycles. The highest BCUT2D eigenvalue weighted by atomic mass is 16.5. The molecule has 0 fully saturated rings. The van der Waals surface area contributed by atoms with Gasteiger partial charge >= 0.3 is 0 Å². The number of ether oxygens (including phenoxy) is 1. The van der Waals surface area contributed by atoms with E-state index < -0.39 is 0 Å². The first-order chi connectivity index (χ1) is 10.5. The molecule has 1 heterocycles. The van der Waals surface area contributed by atoms with Crippen LogP contribution in [0.2, 0.25) is 0 Å². The van der Waals surface area contributed by atoms with Gasteiger partial charge in [0.2, 0.25) is 5.91 Å². The molecule has 0 bridgehead atoms. The Labute approximate surface area is 129 Å². The summed E-state index contributed by atoms with van der Waals surface area (Å²) in [5.74, 6) is 1.83. The maximum Gasteiger partial charge on any atom is 0.227 e. The minimum absolute atomic E-state index is 0.111. The first kappa shape index (κ1) is 15.9. The van der Waals surface area contributed by atoms with Gasteiger partial charge in [0.15, 0.2) is 5.82 Å². The van der Waals surface area contributed by atoms with E-state index in [0.717, 1.165) is 11.4 Å². The summed E-state index contributed by atoms with van der Waals surface area (Å²) in [4.78, 5) is 11.7. The summed E-state index contributed by atoms with van der Waals surface area (Å²) in [6, 6.07) is 9.34. The molecule has 0 spiro atoms. The normalized spacial score (nSPS) is 10.5. The summed E-state index contributed by atoms with van der Waals surface area (Å²) in [5.41, 5.74) is 0.946. The van der Waals surface area contributed by atoms with Crippen LogP contribution in [0.15, 0.2) is 34.9 Å². The lowest BCUT2D eigenvalue weighted by molar-refractivity contribution is -0.116. The Kier molecular flexibility index (Phi) is 5.41. The Morgan fingerprint density at radius 3 is 2.64 bits per heavy atom. The summed E-state index contributed by atoms with van der Waals surface area (Å²) in [6.07, 6.45) is 0.499. The van der Waals surface area contributed by atoms with Gasteiger partial charge in [0, 0.05) is 24.7 Å². The molecule has 1 amide bonds. The van der Waals surface area contributed by atoms with E-state index in [0.29, 0.717) is 24.5 Å². The van der Waals surface area contributed by atoms with E-state index >= 15 is 0 Å². The zero-order chi connectivity index (χ0) is 15.9. The van der Waals surface area contributed by atoms with Gasteiger partial charge in [-0.3, -0.25) is 4.79 Å². The minimum atomic E-state index is -0.111. The number of nitrogens with one attached hydrogen (secondary N) is 2. The van der Waals surface area contributed by atoms with Gasteiger partial charge in [-0.2, -0.15) is 0 Å². The van der Waals surface area contributed by atoms with Crippen molar-refractivity contribution < 1.29 is 14.1 Å². The Morgan fingerprint density at radius 2 is 2.05 bits per heavy atom. The van der Waals surface area contributed by atoms with Gasteiger partial charge in [-0.25, -0.2) is 0 Å². The fourth-order valence-corrected chi connectivity index (χ4v) is 1.87. The molecule has 22 heavy (non-hydrogen) atoms. The first-order valence-corrected chi connectivity index (χ1v) is 7.26. The fraction of sp³-hybridized carbons (Fsp3) is 0.375. The van der Waals surface area contributed by atoms with E-state index in [1.807, 2.05) is 38.1 Å². The van der Waals surface area contributed by atoms with Gasteiger partial charge in [0.05, 0.1) is 6.10 Å². The second-order valence-electron chi connectivity index (χ2n) is 5.24. The third-order valence-electron chi connectivity index (χ3n) is 2.80. The number of hydrogen-bond acceptors (Lipinski definition) is 5. The number of carbonyl (C=O) groups is 1. The van der Waals surface area contributed by atoms with Crippen molar-refractivity contribution in [3.8, 4) is 5.75 Å². The Hall–Kier alpha value is -2.50. The molecule has 6 nitrogen and oxygen atoms in total. The SMILES string of the molecule is Cc1cc(NC(=O)CCNc2ccc(OC(C)C)cc2)no1. The smallest absolute Gasteiger partial charge is 0.227 e. The highest BCUT2D eigenvalue weighted by Crippen LogP contribution is 2.16. The lowest BCUT2D eigenvalue weighted by atomic mass is 10.3. The van der Waals surface area contributed by atoms with E-state index in [2.05, 4.69) is 15.8 Å². The Bertz CT molecular complexity index is 605. The third kappa shape index (κ3) is 5.12. The molecule has 0 aliphatic heterocycles. The molecular formula is C16H21N3O3. The quantitative estimate of drug-likeness (QED) is 0.821. The summed E-state index contributed by atoms with van der Waals surface area (Å²) < 4.78 is 10.5. The van der Waals surface area contributed by atoms with Gasteiger partial charge < -0.3 is 19.9 Å². The predicted octanol–water partition coefficient (Wildman–Crippen LogP) is 3.21. The Balaban J connectivity index is 1.72. The van der Waals surface area contributed by atoms with Crippen LogP contribution < -0.4 is 15.4 Å². The Morgan fingerprint density at radius 1 is 1.32 bits per heavy atom. The number of amides is 1. The van der Waals surface area contributed by atoms with E-state index in [1.165, 1.54) is 0 Å². The van der Waals surface area contributed by atoms with E-state index in [1.54, 1.807) is 13.0 Å². The van der Waals surface area contributed by atoms with E-state index in [4.69, 9.17) is 9.26 Å². The number of anilines is 2. The molecule has 0 radical (unpaired) electrons. The summed E-state index contributed by atoms with van der Waals surface area (Å²) in [5, 5.41) is 9.58. The number of aryl methyl sites for hydroxylation is 1. The zero-order valence-corrected chi connectivity index (χ0v) is 13.1. The van der Waals surface area contributed by atoms with Crippen molar-refractivity contribution in [1.29, 1.82) is 0 Å². The summed E-state index contributed by atoms with van der Waals surface area (Å²) in [6.45, 7) is 6.28. The topological polar surface area (TPSA) is 76.4 Å². The van der Waals surface area contributed by atoms with Crippen molar-refractivity contribution in [3.63, 3.8) is 0 Å². The van der Waals surface area contributed by atoms with Crippen LogP contribution in [0.3, 0.4) is 0 Å². The van der Waals surface area contributed by atoms with Crippen LogP contribution in [-0.4, -0.2) is 23.7 Å². The predicted molar refractivity (Wildman–Crippen MR) is 85.2 cm³/mol. The standard InChI is InChI=1S/C16H21N3O3/c1-11(2)21-14-6-4-13(5-7-14)17-9-8-16(20)18-15-10-12(3)22-19-15/h4-7,10-11,17H,8-9H2,1-3H3,(H,18,19,20). The largest absolute Gasteiger partial charge is 0.491 e. The number of carbonyl (C=O) groups excluding carboxylic acids is 1. The fourth-order valence-electron chi connectivity index (χ4n) is 1.87. The van der Waals surface area contributed by atoms with Crippen molar-refractivity contribution in [2.45, 2.75) is 33.3 Å². The van der Waals surface area contributed by atoms with Gasteiger partial charge in [-0.1, -0.05) is 5.16 Å². The molecule has 1 aromatic heterocycles. The van der Waals surface area contributed by atoms with Crippen LogP contribution in [0.25, 0.3) is 0 Å². The monoisotopic (exact) mass is 303 g/mol. The lowest BCUT2D eigenvalue weighted by Crippen LogP contribution is -2.16. The van der Waals surface area contributed by atoms with E-state index in [9.17, 15) is 4.79 Å². The molecule has 0 atom stereocenters. The van der Waals surface area contributed by atoms with Crippen LogP contribution in [0.5, 0.6) is 5.75 Å². The maximum atomic E-state index is 11.7. The molecule has 1 aromatic carbocycles. The van der Waals surface area contributed by atoms with Crippen molar-refractivity contribution in [2.24, 2.45) is 0 Å². The van der Waals surface area contributed by atoms with Crippen LogP contribution >= 0.6 is 0 Å². The van der Waals surface area contributed by atoms with Gasteiger partial charge in [-0.05, 0) is 45.0 Å². The van der Waals surface area contributed by atoms with Gasteiger partial charge in [0.1, 0.15) is 11.5 Å². The molecular weight excluding hydrogens is 282 g/mol. The number of aromatic nitrogens is 1. The molecule has 2 N–H and O–H groups in total. The zero-order valence-electron chi connectivity index (χ0n) is 13.1. The van der Waals surface area contributed by atoms with E-state index in [-0.39, 0.29) is 12.0 Å². The average molecular weight is 303 g/mol. The number of rotatable bonds is 7.